The number of nitriles is 1. The van der Waals surface area contributed by atoms with E-state index < -0.39 is 47.9 Å². The third-order valence-electron chi connectivity index (χ3n) is 7.91. The number of carbonyl (C=O) groups excluding carboxylic acids is 4. The number of aliphatic hydroxyl groups excluding tert-OH is 1. The number of piperidine rings is 1. The summed E-state index contributed by atoms with van der Waals surface area (Å²) in [4.78, 5) is 53.0. The number of nitrogens with zero attached hydrogens (tertiary/aromatic N) is 2. The number of aryl methyl sites for hydroxylation is 1. The van der Waals surface area contributed by atoms with Gasteiger partial charge in [0.1, 0.15) is 17.8 Å². The molecule has 1 aliphatic rings. The van der Waals surface area contributed by atoms with Crippen LogP contribution in [0, 0.1) is 30.1 Å². The highest BCUT2D eigenvalue weighted by Gasteiger charge is 2.34. The van der Waals surface area contributed by atoms with E-state index in [1.54, 1.807) is 13.0 Å². The lowest BCUT2D eigenvalue weighted by Crippen LogP contribution is -2.57. The lowest BCUT2D eigenvalue weighted by Gasteiger charge is -2.30. The van der Waals surface area contributed by atoms with Gasteiger partial charge in [-0.1, -0.05) is 61.5 Å². The largest absolute Gasteiger partial charge is 0.376 e. The quantitative estimate of drug-likeness (QED) is 0.181. The van der Waals surface area contributed by atoms with Crippen molar-refractivity contribution in [2.24, 2.45) is 11.8 Å². The summed E-state index contributed by atoms with van der Waals surface area (Å²) in [6, 6.07) is 13.5. The van der Waals surface area contributed by atoms with E-state index in [1.807, 2.05) is 56.3 Å². The molecule has 1 aliphatic heterocycles. The zero-order chi connectivity index (χ0) is 32.5. The van der Waals surface area contributed by atoms with Gasteiger partial charge in [0.05, 0.1) is 12.1 Å². The predicted octanol–water partition coefficient (Wildman–Crippen LogP) is 2.29. The van der Waals surface area contributed by atoms with E-state index >= 15 is 0 Å². The van der Waals surface area contributed by atoms with E-state index in [9.17, 15) is 29.5 Å². The van der Waals surface area contributed by atoms with Crippen molar-refractivity contribution < 1.29 is 28.8 Å². The SMILES string of the molecule is Cc1cc(C(=O)NC(Cc2cccc3ccccc23)C(=O)N[C@@H](CC(C)C)C(=O)N[C@@H](C[C@@H]2CCCNC2=O)C(O)C#N)no1. The molecular weight excluding hydrogens is 576 g/mol. The monoisotopic (exact) mass is 616 g/mol. The number of nitrogens with one attached hydrogen (secondary N) is 4. The van der Waals surface area contributed by atoms with Crippen molar-refractivity contribution >= 4 is 34.4 Å². The highest BCUT2D eigenvalue weighted by Crippen LogP contribution is 2.21. The molecule has 0 radical (unpaired) electrons. The van der Waals surface area contributed by atoms with Crippen molar-refractivity contribution in [1.82, 2.24) is 26.4 Å². The molecule has 4 rings (SSSR count). The van der Waals surface area contributed by atoms with Gasteiger partial charge < -0.3 is 30.9 Å². The second-order valence-electron chi connectivity index (χ2n) is 11.9. The number of fused-ring (bicyclic) bond motifs is 1. The fraction of sp³-hybridized carbons (Fsp3) is 0.455. The van der Waals surface area contributed by atoms with Gasteiger partial charge in [-0.3, -0.25) is 19.2 Å². The number of hydrogen-bond acceptors (Lipinski definition) is 8. The Morgan fingerprint density at radius 1 is 1.09 bits per heavy atom. The lowest BCUT2D eigenvalue weighted by atomic mass is 9.89. The number of aliphatic hydroxyl groups is 1. The van der Waals surface area contributed by atoms with E-state index in [1.165, 1.54) is 6.07 Å². The molecule has 2 aromatic carbocycles. The van der Waals surface area contributed by atoms with Crippen molar-refractivity contribution in [3.63, 3.8) is 0 Å². The topological polar surface area (TPSA) is 186 Å². The molecule has 5 N–H and O–H groups in total. The molecule has 0 saturated carbocycles. The lowest BCUT2D eigenvalue weighted by molar-refractivity contribution is -0.131. The van der Waals surface area contributed by atoms with E-state index in [0.717, 1.165) is 22.8 Å². The Kier molecular flexibility index (Phi) is 11.3. The molecule has 5 atom stereocenters. The third-order valence-corrected chi connectivity index (χ3v) is 7.91. The highest BCUT2D eigenvalue weighted by molar-refractivity contribution is 5.98. The van der Waals surface area contributed by atoms with Crippen LogP contribution in [-0.2, 0) is 20.8 Å². The van der Waals surface area contributed by atoms with E-state index in [2.05, 4.69) is 26.4 Å². The zero-order valence-electron chi connectivity index (χ0n) is 25.7. The molecule has 238 valence electrons. The summed E-state index contributed by atoms with van der Waals surface area (Å²) in [5, 5.41) is 36.5. The van der Waals surface area contributed by atoms with Gasteiger partial charge in [-0.25, -0.2) is 0 Å². The Morgan fingerprint density at radius 2 is 1.82 bits per heavy atom. The van der Waals surface area contributed by atoms with Gasteiger partial charge >= 0.3 is 0 Å². The molecule has 0 aliphatic carbocycles. The van der Waals surface area contributed by atoms with Crippen LogP contribution in [-0.4, -0.2) is 64.7 Å². The summed E-state index contributed by atoms with van der Waals surface area (Å²) in [6.45, 7) is 5.99. The molecule has 2 unspecified atom stereocenters. The summed E-state index contributed by atoms with van der Waals surface area (Å²) in [5.74, 6) is -2.05. The van der Waals surface area contributed by atoms with Crippen LogP contribution in [0.3, 0.4) is 0 Å². The number of amides is 4. The van der Waals surface area contributed by atoms with Crippen LogP contribution in [0.5, 0.6) is 0 Å². The van der Waals surface area contributed by atoms with Crippen LogP contribution in [0.15, 0.2) is 53.1 Å². The van der Waals surface area contributed by atoms with Crippen molar-refractivity contribution in [1.29, 1.82) is 5.26 Å². The van der Waals surface area contributed by atoms with Crippen LogP contribution in [0.25, 0.3) is 10.8 Å². The van der Waals surface area contributed by atoms with Crippen LogP contribution in [0.2, 0.25) is 0 Å². The van der Waals surface area contributed by atoms with Gasteiger partial charge in [0.15, 0.2) is 11.8 Å². The first kappa shape index (κ1) is 33.1. The molecule has 12 heteroatoms. The van der Waals surface area contributed by atoms with Gasteiger partial charge in [0.2, 0.25) is 17.7 Å². The van der Waals surface area contributed by atoms with Crippen LogP contribution in [0.1, 0.15) is 61.3 Å². The molecule has 1 saturated heterocycles. The summed E-state index contributed by atoms with van der Waals surface area (Å²) in [7, 11) is 0. The number of aromatic nitrogens is 1. The second kappa shape index (κ2) is 15.3. The molecule has 0 spiro atoms. The van der Waals surface area contributed by atoms with Crippen LogP contribution >= 0.6 is 0 Å². The summed E-state index contributed by atoms with van der Waals surface area (Å²) >= 11 is 0. The molecule has 4 amide bonds. The molecule has 0 bridgehead atoms. The Bertz CT molecular complexity index is 1560. The summed E-state index contributed by atoms with van der Waals surface area (Å²) < 4.78 is 5.04. The summed E-state index contributed by atoms with van der Waals surface area (Å²) in [6.07, 6.45) is 0.216. The minimum Gasteiger partial charge on any atom is -0.376 e. The first-order valence-electron chi connectivity index (χ1n) is 15.2. The van der Waals surface area contributed by atoms with Gasteiger partial charge in [0.25, 0.3) is 5.91 Å². The second-order valence-corrected chi connectivity index (χ2v) is 11.9. The number of rotatable bonds is 13. The molecule has 12 nitrogen and oxygen atoms in total. The first-order chi connectivity index (χ1) is 21.5. The van der Waals surface area contributed by atoms with E-state index in [4.69, 9.17) is 4.52 Å². The Balaban J connectivity index is 1.57. The Labute approximate surface area is 261 Å². The fourth-order valence-electron chi connectivity index (χ4n) is 5.59. The van der Waals surface area contributed by atoms with Gasteiger partial charge in [-0.2, -0.15) is 5.26 Å². The van der Waals surface area contributed by atoms with Gasteiger partial charge in [0, 0.05) is 24.9 Å². The third kappa shape index (κ3) is 8.89. The number of hydrogen-bond donors (Lipinski definition) is 5. The smallest absolute Gasteiger partial charge is 0.274 e. The van der Waals surface area contributed by atoms with E-state index in [0.29, 0.717) is 18.7 Å². The Morgan fingerprint density at radius 3 is 2.51 bits per heavy atom. The van der Waals surface area contributed by atoms with E-state index in [-0.39, 0.29) is 36.8 Å². The maximum absolute atomic E-state index is 13.9. The van der Waals surface area contributed by atoms with Crippen LogP contribution < -0.4 is 21.3 Å². The minimum absolute atomic E-state index is 0.0137. The average molecular weight is 617 g/mol. The normalized spacial score (nSPS) is 17.4. The highest BCUT2D eigenvalue weighted by atomic mass is 16.5. The van der Waals surface area contributed by atoms with Crippen molar-refractivity contribution in [2.45, 2.75) is 77.1 Å². The maximum atomic E-state index is 13.9. The van der Waals surface area contributed by atoms with Crippen LogP contribution in [0.4, 0.5) is 0 Å². The first-order valence-corrected chi connectivity index (χ1v) is 15.2. The van der Waals surface area contributed by atoms with Crippen molar-refractivity contribution in [3.8, 4) is 6.07 Å². The van der Waals surface area contributed by atoms with Gasteiger partial charge in [-0.15, -0.1) is 0 Å². The molecular formula is C33H40N6O6. The number of benzene rings is 2. The molecule has 2 heterocycles. The molecule has 3 aromatic rings. The maximum Gasteiger partial charge on any atom is 0.274 e. The van der Waals surface area contributed by atoms with Crippen molar-refractivity contribution in [3.05, 3.63) is 65.5 Å². The molecule has 1 fully saturated rings. The zero-order valence-corrected chi connectivity index (χ0v) is 25.7. The van der Waals surface area contributed by atoms with Gasteiger partial charge in [-0.05, 0) is 54.9 Å². The summed E-state index contributed by atoms with van der Waals surface area (Å²) in [5.41, 5.74) is 0.831. The average Bonchev–Trinajstić information content (AvgIpc) is 3.46. The fourth-order valence-corrected chi connectivity index (χ4v) is 5.59. The molecule has 45 heavy (non-hydrogen) atoms. The Hall–Kier alpha value is -4.76. The number of carbonyl (C=O) groups is 4. The standard InChI is InChI=1S/C33H40N6O6/c1-19(2)14-26(31(42)36-25(29(40)18-34)17-23-11-7-13-35-30(23)41)37-32(43)27(38-33(44)28-15-20(3)45-39-28)16-22-10-6-9-21-8-4-5-12-24(21)22/h4-6,8-10,12,15,19,23,25-27,29,40H,7,11,13-14,16-17H2,1-3H3,(H,35,41)(H,36,42)(H,37,43)(H,38,44)/t23-,25-,26-,27?,29?/m0/s1. The van der Waals surface area contributed by atoms with Crippen molar-refractivity contribution in [2.75, 3.05) is 6.54 Å². The predicted molar refractivity (Wildman–Crippen MR) is 165 cm³/mol. The minimum atomic E-state index is -1.55. The molecule has 1 aromatic heterocycles.